The first kappa shape index (κ1) is 18.7. The van der Waals surface area contributed by atoms with Crippen molar-refractivity contribution in [1.82, 2.24) is 5.32 Å². The van der Waals surface area contributed by atoms with E-state index in [9.17, 15) is 9.59 Å². The first-order valence-electron chi connectivity index (χ1n) is 7.65. The van der Waals surface area contributed by atoms with E-state index in [1.807, 2.05) is 52.0 Å². The zero-order valence-electron chi connectivity index (χ0n) is 14.4. The molecule has 0 fully saturated rings. The van der Waals surface area contributed by atoms with Gasteiger partial charge in [-0.05, 0) is 51.8 Å². The summed E-state index contributed by atoms with van der Waals surface area (Å²) in [6.07, 6.45) is 2.63. The Morgan fingerprint density at radius 1 is 1.22 bits per heavy atom. The molecule has 0 aromatic heterocycles. The second-order valence-electron chi connectivity index (χ2n) is 6.12. The number of nitrogens with one attached hydrogen (secondary N) is 1. The molecule has 23 heavy (non-hydrogen) atoms. The molecule has 0 bridgehead atoms. The molecule has 1 atom stereocenters. The Morgan fingerprint density at radius 2 is 1.83 bits per heavy atom. The molecule has 0 radical (unpaired) electrons. The molecule has 1 N–H and O–H groups in total. The van der Waals surface area contributed by atoms with Gasteiger partial charge in [-0.3, -0.25) is 0 Å². The van der Waals surface area contributed by atoms with Crippen LogP contribution >= 0.6 is 0 Å². The number of ether oxygens (including phenoxy) is 2. The van der Waals surface area contributed by atoms with Crippen LogP contribution in [0.4, 0.5) is 4.79 Å². The van der Waals surface area contributed by atoms with Crippen LogP contribution in [0.3, 0.4) is 0 Å². The number of carbonyl (C=O) groups is 2. The van der Waals surface area contributed by atoms with Crippen LogP contribution in [-0.4, -0.2) is 24.3 Å². The SMILES string of the molecule is CCOC(=O)/C=C/c1ccc(C(C)NC(=O)OC(C)(C)C)cc1. The fourth-order valence-electron chi connectivity index (χ4n) is 1.82. The van der Waals surface area contributed by atoms with Crippen LogP contribution in [0.25, 0.3) is 6.08 Å². The van der Waals surface area contributed by atoms with Crippen LogP contribution in [0, 0.1) is 0 Å². The van der Waals surface area contributed by atoms with E-state index in [1.165, 1.54) is 6.08 Å². The van der Waals surface area contributed by atoms with Gasteiger partial charge in [-0.2, -0.15) is 0 Å². The summed E-state index contributed by atoms with van der Waals surface area (Å²) < 4.78 is 10.1. The van der Waals surface area contributed by atoms with Gasteiger partial charge in [0.15, 0.2) is 0 Å². The largest absolute Gasteiger partial charge is 0.463 e. The van der Waals surface area contributed by atoms with E-state index in [2.05, 4.69) is 5.32 Å². The number of carbonyl (C=O) groups excluding carboxylic acids is 2. The molecule has 0 spiro atoms. The zero-order chi connectivity index (χ0) is 17.5. The lowest BCUT2D eigenvalue weighted by Gasteiger charge is -2.22. The standard InChI is InChI=1S/C18H25NO4/c1-6-22-16(20)12-9-14-7-10-15(11-8-14)13(2)19-17(21)23-18(3,4)5/h7-13H,6H2,1-5H3,(H,19,21)/b12-9+. The van der Waals surface area contributed by atoms with Crippen LogP contribution in [0.2, 0.25) is 0 Å². The van der Waals surface area contributed by atoms with Crippen molar-refractivity contribution in [3.8, 4) is 0 Å². The van der Waals surface area contributed by atoms with Crippen LogP contribution in [0.15, 0.2) is 30.3 Å². The second-order valence-corrected chi connectivity index (χ2v) is 6.12. The number of alkyl carbamates (subject to hydrolysis) is 1. The topological polar surface area (TPSA) is 64.6 Å². The Hall–Kier alpha value is -2.30. The van der Waals surface area contributed by atoms with Crippen molar-refractivity contribution < 1.29 is 19.1 Å². The van der Waals surface area contributed by atoms with Gasteiger partial charge >= 0.3 is 12.1 Å². The molecule has 0 saturated carbocycles. The predicted octanol–water partition coefficient (Wildman–Crippen LogP) is 3.85. The van der Waals surface area contributed by atoms with Crippen molar-refractivity contribution in [2.75, 3.05) is 6.61 Å². The van der Waals surface area contributed by atoms with E-state index in [4.69, 9.17) is 9.47 Å². The lowest BCUT2D eigenvalue weighted by molar-refractivity contribution is -0.137. The average Bonchev–Trinajstić information content (AvgIpc) is 2.44. The maximum absolute atomic E-state index is 11.8. The Morgan fingerprint density at radius 3 is 2.35 bits per heavy atom. The minimum atomic E-state index is -0.522. The van der Waals surface area contributed by atoms with Gasteiger partial charge in [0.25, 0.3) is 0 Å². The van der Waals surface area contributed by atoms with E-state index >= 15 is 0 Å². The lowest BCUT2D eigenvalue weighted by Crippen LogP contribution is -2.34. The van der Waals surface area contributed by atoms with Gasteiger partial charge in [0.05, 0.1) is 12.6 Å². The number of benzene rings is 1. The Labute approximate surface area is 137 Å². The third-order valence-corrected chi connectivity index (χ3v) is 2.87. The summed E-state index contributed by atoms with van der Waals surface area (Å²) in [5.74, 6) is -0.364. The highest BCUT2D eigenvalue weighted by Crippen LogP contribution is 2.15. The van der Waals surface area contributed by atoms with E-state index in [1.54, 1.807) is 13.0 Å². The average molecular weight is 319 g/mol. The summed E-state index contributed by atoms with van der Waals surface area (Å²) in [7, 11) is 0. The summed E-state index contributed by atoms with van der Waals surface area (Å²) in [6.45, 7) is 9.47. The maximum Gasteiger partial charge on any atom is 0.408 e. The maximum atomic E-state index is 11.8. The van der Waals surface area contributed by atoms with E-state index < -0.39 is 11.7 Å². The van der Waals surface area contributed by atoms with Gasteiger partial charge in [0.2, 0.25) is 0 Å². The molecular formula is C18H25NO4. The summed E-state index contributed by atoms with van der Waals surface area (Å²) >= 11 is 0. The van der Waals surface area contributed by atoms with Gasteiger partial charge in [-0.15, -0.1) is 0 Å². The third-order valence-electron chi connectivity index (χ3n) is 2.87. The van der Waals surface area contributed by atoms with Crippen LogP contribution in [-0.2, 0) is 14.3 Å². The highest BCUT2D eigenvalue weighted by atomic mass is 16.6. The Balaban J connectivity index is 2.62. The van der Waals surface area contributed by atoms with Gasteiger partial charge in [-0.25, -0.2) is 9.59 Å². The third kappa shape index (κ3) is 7.49. The molecule has 1 aromatic carbocycles. The molecule has 1 unspecified atom stereocenters. The van der Waals surface area contributed by atoms with Crippen molar-refractivity contribution in [1.29, 1.82) is 0 Å². The summed E-state index contributed by atoms with van der Waals surface area (Å²) in [5, 5.41) is 2.79. The molecule has 1 amide bonds. The predicted molar refractivity (Wildman–Crippen MR) is 89.9 cm³/mol. The molecule has 5 heteroatoms. The first-order chi connectivity index (χ1) is 10.7. The van der Waals surface area contributed by atoms with Gasteiger partial charge < -0.3 is 14.8 Å². The number of rotatable bonds is 5. The molecular weight excluding hydrogens is 294 g/mol. The summed E-state index contributed by atoms with van der Waals surface area (Å²) in [5.41, 5.74) is 1.31. The molecule has 0 aliphatic rings. The van der Waals surface area contributed by atoms with Crippen molar-refractivity contribution in [2.45, 2.75) is 46.3 Å². The van der Waals surface area contributed by atoms with Crippen LogP contribution < -0.4 is 5.32 Å². The molecule has 0 heterocycles. The second kappa shape index (κ2) is 8.36. The van der Waals surface area contributed by atoms with Gasteiger partial charge in [0.1, 0.15) is 5.60 Å². The molecule has 5 nitrogen and oxygen atoms in total. The normalized spacial score (nSPS) is 12.7. The van der Waals surface area contributed by atoms with E-state index in [0.717, 1.165) is 11.1 Å². The Bertz CT molecular complexity index is 555. The minimum absolute atomic E-state index is 0.173. The zero-order valence-corrected chi connectivity index (χ0v) is 14.4. The van der Waals surface area contributed by atoms with Gasteiger partial charge in [-0.1, -0.05) is 24.3 Å². The quantitative estimate of drug-likeness (QED) is 0.661. The van der Waals surface area contributed by atoms with Crippen LogP contribution in [0.1, 0.15) is 51.8 Å². The highest BCUT2D eigenvalue weighted by molar-refractivity contribution is 5.87. The molecule has 1 aromatic rings. The molecule has 1 rings (SSSR count). The number of amides is 1. The van der Waals surface area contributed by atoms with Crippen molar-refractivity contribution in [3.05, 3.63) is 41.5 Å². The smallest absolute Gasteiger partial charge is 0.408 e. The number of hydrogen-bond acceptors (Lipinski definition) is 4. The van der Waals surface area contributed by atoms with Crippen molar-refractivity contribution >= 4 is 18.1 Å². The van der Waals surface area contributed by atoms with Crippen molar-refractivity contribution in [2.24, 2.45) is 0 Å². The molecule has 0 saturated heterocycles. The fraction of sp³-hybridized carbons (Fsp3) is 0.444. The Kier molecular flexibility index (Phi) is 6.82. The number of hydrogen-bond donors (Lipinski definition) is 1. The summed E-state index contributed by atoms with van der Waals surface area (Å²) in [6, 6.07) is 7.36. The lowest BCUT2D eigenvalue weighted by atomic mass is 10.1. The fourth-order valence-corrected chi connectivity index (χ4v) is 1.82. The molecule has 0 aliphatic carbocycles. The number of esters is 1. The van der Waals surface area contributed by atoms with E-state index in [-0.39, 0.29) is 12.0 Å². The highest BCUT2D eigenvalue weighted by Gasteiger charge is 2.18. The first-order valence-corrected chi connectivity index (χ1v) is 7.65. The monoisotopic (exact) mass is 319 g/mol. The summed E-state index contributed by atoms with van der Waals surface area (Å²) in [4.78, 5) is 23.0. The van der Waals surface area contributed by atoms with Crippen molar-refractivity contribution in [3.63, 3.8) is 0 Å². The molecule has 126 valence electrons. The molecule has 0 aliphatic heterocycles. The van der Waals surface area contributed by atoms with Crippen LogP contribution in [0.5, 0.6) is 0 Å². The van der Waals surface area contributed by atoms with E-state index in [0.29, 0.717) is 6.61 Å². The minimum Gasteiger partial charge on any atom is -0.463 e. The van der Waals surface area contributed by atoms with Gasteiger partial charge in [0, 0.05) is 6.08 Å².